The second kappa shape index (κ2) is 7.71. The third kappa shape index (κ3) is 4.66. The standard InChI is InChI=1S/C16H28N2O/c1-3-14-6-5-8-18(9-7-14)12-16-10-15(13-19-16)11-17-4-2/h10,13-14,17H,3-9,11-12H2,1-2H3. The molecule has 1 atom stereocenters. The summed E-state index contributed by atoms with van der Waals surface area (Å²) in [4.78, 5) is 2.55. The second-order valence-corrected chi connectivity index (χ2v) is 5.68. The number of furan rings is 1. The minimum absolute atomic E-state index is 0.915. The molecule has 1 fully saturated rings. The molecule has 0 aromatic carbocycles. The molecule has 1 aromatic heterocycles. The minimum Gasteiger partial charge on any atom is -0.468 e. The molecule has 3 heteroatoms. The van der Waals surface area contributed by atoms with Gasteiger partial charge < -0.3 is 9.73 Å². The van der Waals surface area contributed by atoms with Gasteiger partial charge >= 0.3 is 0 Å². The zero-order valence-electron chi connectivity index (χ0n) is 12.5. The van der Waals surface area contributed by atoms with Crippen LogP contribution in [-0.2, 0) is 13.1 Å². The van der Waals surface area contributed by atoms with Crippen LogP contribution in [0, 0.1) is 5.92 Å². The Kier molecular flexibility index (Phi) is 5.93. The lowest BCUT2D eigenvalue weighted by molar-refractivity contribution is 0.249. The Hall–Kier alpha value is -0.800. The van der Waals surface area contributed by atoms with Crippen molar-refractivity contribution in [3.63, 3.8) is 0 Å². The van der Waals surface area contributed by atoms with E-state index >= 15 is 0 Å². The number of rotatable bonds is 6. The lowest BCUT2D eigenvalue weighted by Gasteiger charge is -2.18. The Balaban J connectivity index is 1.81. The van der Waals surface area contributed by atoms with Crippen LogP contribution in [0.25, 0.3) is 0 Å². The summed E-state index contributed by atoms with van der Waals surface area (Å²) in [6, 6.07) is 2.20. The molecule has 19 heavy (non-hydrogen) atoms. The molecule has 0 saturated carbocycles. The Labute approximate surface area is 117 Å². The lowest BCUT2D eigenvalue weighted by Crippen LogP contribution is -2.24. The zero-order chi connectivity index (χ0) is 13.5. The first kappa shape index (κ1) is 14.6. The van der Waals surface area contributed by atoms with Gasteiger partial charge in [-0.1, -0.05) is 20.3 Å². The predicted molar refractivity (Wildman–Crippen MR) is 79.0 cm³/mol. The van der Waals surface area contributed by atoms with Crippen molar-refractivity contribution in [2.45, 2.75) is 52.6 Å². The minimum atomic E-state index is 0.915. The van der Waals surface area contributed by atoms with Crippen LogP contribution in [0.4, 0.5) is 0 Å². The van der Waals surface area contributed by atoms with E-state index in [4.69, 9.17) is 4.42 Å². The van der Waals surface area contributed by atoms with Gasteiger partial charge in [0.25, 0.3) is 0 Å². The van der Waals surface area contributed by atoms with E-state index in [0.29, 0.717) is 0 Å². The van der Waals surface area contributed by atoms with Gasteiger partial charge in [0.15, 0.2) is 0 Å². The van der Waals surface area contributed by atoms with Crippen LogP contribution in [0.15, 0.2) is 16.7 Å². The molecular formula is C16H28N2O. The Bertz CT molecular complexity index is 361. The summed E-state index contributed by atoms with van der Waals surface area (Å²) < 4.78 is 5.68. The van der Waals surface area contributed by atoms with Crippen molar-refractivity contribution in [3.05, 3.63) is 23.7 Å². The van der Waals surface area contributed by atoms with Crippen molar-refractivity contribution >= 4 is 0 Å². The average Bonchev–Trinajstić information content (AvgIpc) is 2.74. The smallest absolute Gasteiger partial charge is 0.118 e. The topological polar surface area (TPSA) is 28.4 Å². The molecule has 3 nitrogen and oxygen atoms in total. The SMILES string of the molecule is CCNCc1coc(CN2CCCC(CC)CC2)c1. The Morgan fingerprint density at radius 2 is 2.21 bits per heavy atom. The summed E-state index contributed by atoms with van der Waals surface area (Å²) in [5.74, 6) is 2.05. The van der Waals surface area contributed by atoms with Crippen molar-refractivity contribution in [2.75, 3.05) is 19.6 Å². The zero-order valence-corrected chi connectivity index (χ0v) is 12.5. The van der Waals surface area contributed by atoms with Crippen molar-refractivity contribution in [1.82, 2.24) is 10.2 Å². The first-order valence-electron chi connectivity index (χ1n) is 7.81. The van der Waals surface area contributed by atoms with Gasteiger partial charge in [0.05, 0.1) is 12.8 Å². The Morgan fingerprint density at radius 1 is 1.32 bits per heavy atom. The summed E-state index contributed by atoms with van der Waals surface area (Å²) >= 11 is 0. The normalized spacial score (nSPS) is 21.5. The van der Waals surface area contributed by atoms with Crippen LogP contribution in [-0.4, -0.2) is 24.5 Å². The summed E-state index contributed by atoms with van der Waals surface area (Å²) in [7, 11) is 0. The quantitative estimate of drug-likeness (QED) is 0.853. The molecule has 0 amide bonds. The molecule has 1 aliphatic rings. The van der Waals surface area contributed by atoms with Gasteiger partial charge in [0.1, 0.15) is 5.76 Å². The molecule has 108 valence electrons. The van der Waals surface area contributed by atoms with E-state index in [1.807, 2.05) is 6.26 Å². The van der Waals surface area contributed by atoms with Gasteiger partial charge in [0, 0.05) is 12.1 Å². The van der Waals surface area contributed by atoms with Crippen LogP contribution < -0.4 is 5.32 Å². The van der Waals surface area contributed by atoms with Gasteiger partial charge in [-0.2, -0.15) is 0 Å². The van der Waals surface area contributed by atoms with E-state index in [1.54, 1.807) is 0 Å². The maximum absolute atomic E-state index is 5.68. The van der Waals surface area contributed by atoms with Gasteiger partial charge in [-0.05, 0) is 50.9 Å². The molecular weight excluding hydrogens is 236 g/mol. The van der Waals surface area contributed by atoms with Crippen molar-refractivity contribution in [1.29, 1.82) is 0 Å². The van der Waals surface area contributed by atoms with Crippen LogP contribution >= 0.6 is 0 Å². The van der Waals surface area contributed by atoms with Gasteiger partial charge in [-0.15, -0.1) is 0 Å². The van der Waals surface area contributed by atoms with E-state index in [2.05, 4.69) is 30.1 Å². The van der Waals surface area contributed by atoms with Crippen molar-refractivity contribution in [2.24, 2.45) is 5.92 Å². The fourth-order valence-corrected chi connectivity index (χ4v) is 2.88. The largest absolute Gasteiger partial charge is 0.468 e. The highest BCUT2D eigenvalue weighted by Crippen LogP contribution is 2.21. The van der Waals surface area contributed by atoms with Gasteiger partial charge in [0.2, 0.25) is 0 Å². The van der Waals surface area contributed by atoms with Crippen molar-refractivity contribution < 1.29 is 4.42 Å². The van der Waals surface area contributed by atoms with Crippen LogP contribution in [0.5, 0.6) is 0 Å². The van der Waals surface area contributed by atoms with Crippen LogP contribution in [0.1, 0.15) is 50.9 Å². The summed E-state index contributed by atoms with van der Waals surface area (Å²) in [5, 5.41) is 3.33. The maximum Gasteiger partial charge on any atom is 0.118 e. The third-order valence-corrected chi connectivity index (χ3v) is 4.18. The monoisotopic (exact) mass is 264 g/mol. The molecule has 1 aromatic rings. The van der Waals surface area contributed by atoms with E-state index in [-0.39, 0.29) is 0 Å². The second-order valence-electron chi connectivity index (χ2n) is 5.68. The Morgan fingerprint density at radius 3 is 3.00 bits per heavy atom. The molecule has 0 bridgehead atoms. The maximum atomic E-state index is 5.68. The molecule has 1 saturated heterocycles. The third-order valence-electron chi connectivity index (χ3n) is 4.18. The molecule has 0 spiro atoms. The van der Waals surface area contributed by atoms with E-state index in [0.717, 1.165) is 31.3 Å². The number of hydrogen-bond donors (Lipinski definition) is 1. The average molecular weight is 264 g/mol. The lowest BCUT2D eigenvalue weighted by atomic mass is 9.98. The summed E-state index contributed by atoms with van der Waals surface area (Å²) in [5.41, 5.74) is 1.26. The predicted octanol–water partition coefficient (Wildman–Crippen LogP) is 3.40. The molecule has 2 heterocycles. The molecule has 1 N–H and O–H groups in total. The summed E-state index contributed by atoms with van der Waals surface area (Å²) in [6.45, 7) is 9.79. The van der Waals surface area contributed by atoms with Crippen LogP contribution in [0.3, 0.4) is 0 Å². The summed E-state index contributed by atoms with van der Waals surface area (Å²) in [6.07, 6.45) is 7.31. The number of nitrogens with zero attached hydrogens (tertiary/aromatic N) is 1. The molecule has 2 rings (SSSR count). The molecule has 0 aliphatic carbocycles. The number of likely N-dealkylation sites (tertiary alicyclic amines) is 1. The number of hydrogen-bond acceptors (Lipinski definition) is 3. The fraction of sp³-hybridized carbons (Fsp3) is 0.750. The first-order valence-corrected chi connectivity index (χ1v) is 7.81. The first-order chi connectivity index (χ1) is 9.31. The van der Waals surface area contributed by atoms with Crippen LogP contribution in [0.2, 0.25) is 0 Å². The molecule has 1 aliphatic heterocycles. The van der Waals surface area contributed by atoms with Crippen molar-refractivity contribution in [3.8, 4) is 0 Å². The number of nitrogens with one attached hydrogen (secondary N) is 1. The highest BCUT2D eigenvalue weighted by atomic mass is 16.3. The van der Waals surface area contributed by atoms with Gasteiger partial charge in [-0.25, -0.2) is 0 Å². The molecule has 1 unspecified atom stereocenters. The highest BCUT2D eigenvalue weighted by Gasteiger charge is 2.16. The van der Waals surface area contributed by atoms with E-state index < -0.39 is 0 Å². The molecule has 0 radical (unpaired) electrons. The van der Waals surface area contributed by atoms with E-state index in [1.165, 1.54) is 44.3 Å². The van der Waals surface area contributed by atoms with Gasteiger partial charge in [-0.3, -0.25) is 4.90 Å². The fourth-order valence-electron chi connectivity index (χ4n) is 2.88. The van der Waals surface area contributed by atoms with E-state index in [9.17, 15) is 0 Å². The highest BCUT2D eigenvalue weighted by molar-refractivity contribution is 5.12.